The quantitative estimate of drug-likeness (QED) is 0.422. The molecule has 34 heavy (non-hydrogen) atoms. The first kappa shape index (κ1) is 23.2. The summed E-state index contributed by atoms with van der Waals surface area (Å²) >= 11 is 6.22. The third-order valence-corrected chi connectivity index (χ3v) is 6.10. The molecule has 1 aromatic carbocycles. The van der Waals surface area contributed by atoms with E-state index >= 15 is 4.39 Å². The van der Waals surface area contributed by atoms with Crippen LogP contribution in [0.2, 0.25) is 5.02 Å². The summed E-state index contributed by atoms with van der Waals surface area (Å²) in [6, 6.07) is 1.90. The van der Waals surface area contributed by atoms with Crippen LogP contribution in [0.4, 0.5) is 4.39 Å². The standard InChI is InChI=1S/C23H20ClFN4O5/c1-3-9-26-21(32)27(10-4-2)23(34)29(22(26)33)17-12-18(16(25)11-15(17)24)28-19(30)13-7-5-6-8-14(13)20(28)31/h1,4,11-12,30-31H,2,5-10H2. The van der Waals surface area contributed by atoms with Gasteiger partial charge in [0.2, 0.25) is 11.8 Å². The van der Waals surface area contributed by atoms with E-state index in [0.29, 0.717) is 33.1 Å². The Morgan fingerprint density at radius 1 is 1.00 bits per heavy atom. The van der Waals surface area contributed by atoms with Crippen molar-refractivity contribution in [1.29, 1.82) is 0 Å². The lowest BCUT2D eigenvalue weighted by Crippen LogP contribution is -2.53. The zero-order chi connectivity index (χ0) is 24.7. The zero-order valence-corrected chi connectivity index (χ0v) is 18.7. The maximum atomic E-state index is 15.0. The molecular weight excluding hydrogens is 467 g/mol. The molecule has 0 saturated heterocycles. The van der Waals surface area contributed by atoms with Gasteiger partial charge < -0.3 is 10.2 Å². The normalized spacial score (nSPS) is 12.9. The van der Waals surface area contributed by atoms with Gasteiger partial charge in [-0.1, -0.05) is 23.6 Å². The highest BCUT2D eigenvalue weighted by atomic mass is 35.5. The summed E-state index contributed by atoms with van der Waals surface area (Å²) in [7, 11) is 0. The molecule has 0 aliphatic heterocycles. The van der Waals surface area contributed by atoms with Crippen LogP contribution >= 0.6 is 11.6 Å². The molecule has 0 radical (unpaired) electrons. The van der Waals surface area contributed by atoms with Crippen molar-refractivity contribution >= 4 is 11.6 Å². The van der Waals surface area contributed by atoms with Gasteiger partial charge in [-0.25, -0.2) is 37.0 Å². The molecule has 0 unspecified atom stereocenters. The summed E-state index contributed by atoms with van der Waals surface area (Å²) < 4.78 is 17.9. The number of hydrogen-bond donors (Lipinski definition) is 2. The van der Waals surface area contributed by atoms with Crippen molar-refractivity contribution in [3.05, 3.63) is 78.2 Å². The van der Waals surface area contributed by atoms with Gasteiger partial charge in [-0.05, 0) is 37.8 Å². The minimum Gasteiger partial charge on any atom is -0.494 e. The minimum absolute atomic E-state index is 0.222. The molecule has 3 aromatic rings. The minimum atomic E-state index is -1.08. The Kier molecular flexibility index (Phi) is 5.98. The molecule has 0 saturated carbocycles. The maximum absolute atomic E-state index is 15.0. The molecular formula is C23H20ClFN4O5. The highest BCUT2D eigenvalue weighted by Gasteiger charge is 2.28. The van der Waals surface area contributed by atoms with E-state index in [4.69, 9.17) is 18.0 Å². The second kappa shape index (κ2) is 8.76. The van der Waals surface area contributed by atoms with Crippen molar-refractivity contribution in [1.82, 2.24) is 18.3 Å². The van der Waals surface area contributed by atoms with Crippen LogP contribution < -0.4 is 17.1 Å². The van der Waals surface area contributed by atoms with Gasteiger partial charge in [0.15, 0.2) is 0 Å². The van der Waals surface area contributed by atoms with Crippen LogP contribution in [0, 0.1) is 18.2 Å². The number of aromatic hydroxyl groups is 2. The fourth-order valence-corrected chi connectivity index (χ4v) is 4.45. The second-order valence-corrected chi connectivity index (χ2v) is 8.18. The van der Waals surface area contributed by atoms with Crippen molar-refractivity contribution in [2.45, 2.75) is 38.8 Å². The van der Waals surface area contributed by atoms with Crippen LogP contribution in [0.3, 0.4) is 0 Å². The van der Waals surface area contributed by atoms with Gasteiger partial charge in [-0.15, -0.1) is 13.0 Å². The van der Waals surface area contributed by atoms with Crippen LogP contribution in [0.1, 0.15) is 24.0 Å². The number of terminal acetylenes is 1. The summed E-state index contributed by atoms with van der Waals surface area (Å²) in [5, 5.41) is 21.1. The predicted molar refractivity (Wildman–Crippen MR) is 124 cm³/mol. The molecule has 0 amide bonds. The average molecular weight is 487 g/mol. The van der Waals surface area contributed by atoms with Crippen molar-refractivity contribution in [2.75, 3.05) is 0 Å². The van der Waals surface area contributed by atoms with E-state index in [1.807, 2.05) is 0 Å². The van der Waals surface area contributed by atoms with Crippen LogP contribution in [0.15, 0.2) is 39.2 Å². The fraction of sp³-hybridized carbons (Fsp3) is 0.261. The summed E-state index contributed by atoms with van der Waals surface area (Å²) in [6.07, 6.45) is 9.18. The summed E-state index contributed by atoms with van der Waals surface area (Å²) in [6.45, 7) is 2.86. The van der Waals surface area contributed by atoms with Gasteiger partial charge in [0, 0.05) is 11.1 Å². The summed E-state index contributed by atoms with van der Waals surface area (Å²) in [5.41, 5.74) is -2.63. The molecule has 0 atom stereocenters. The molecule has 0 bridgehead atoms. The molecule has 9 nitrogen and oxygen atoms in total. The molecule has 1 aliphatic rings. The number of benzene rings is 1. The van der Waals surface area contributed by atoms with Crippen molar-refractivity contribution in [3.63, 3.8) is 0 Å². The average Bonchev–Trinajstić information content (AvgIpc) is 3.06. The van der Waals surface area contributed by atoms with Gasteiger partial charge in [-0.3, -0.25) is 0 Å². The smallest absolute Gasteiger partial charge is 0.341 e. The highest BCUT2D eigenvalue weighted by molar-refractivity contribution is 6.32. The van der Waals surface area contributed by atoms with Gasteiger partial charge in [0.1, 0.15) is 5.82 Å². The Hall–Kier alpha value is -3.97. The lowest BCUT2D eigenvalue weighted by Gasteiger charge is -2.15. The first-order valence-electron chi connectivity index (χ1n) is 10.4. The van der Waals surface area contributed by atoms with Crippen LogP contribution in [-0.4, -0.2) is 28.5 Å². The number of aromatic nitrogens is 4. The molecule has 2 N–H and O–H groups in total. The molecule has 11 heteroatoms. The topological polar surface area (TPSA) is 111 Å². The molecule has 2 heterocycles. The van der Waals surface area contributed by atoms with E-state index in [-0.39, 0.29) is 34.7 Å². The molecule has 1 aliphatic carbocycles. The maximum Gasteiger partial charge on any atom is 0.341 e. The Morgan fingerprint density at radius 2 is 1.59 bits per heavy atom. The Bertz CT molecular complexity index is 1520. The van der Waals surface area contributed by atoms with Gasteiger partial charge in [-0.2, -0.15) is 0 Å². The van der Waals surface area contributed by atoms with E-state index in [9.17, 15) is 24.6 Å². The lowest BCUT2D eigenvalue weighted by atomic mass is 9.95. The van der Waals surface area contributed by atoms with E-state index in [0.717, 1.165) is 34.1 Å². The van der Waals surface area contributed by atoms with Crippen LogP contribution in [0.5, 0.6) is 11.8 Å². The third kappa shape index (κ3) is 3.45. The number of hydrogen-bond acceptors (Lipinski definition) is 5. The number of fused-ring (bicyclic) bond motifs is 1. The number of rotatable bonds is 5. The first-order valence-corrected chi connectivity index (χ1v) is 10.8. The molecule has 2 aromatic heterocycles. The Labute approximate surface area is 197 Å². The lowest BCUT2D eigenvalue weighted by molar-refractivity contribution is 0.396. The molecule has 0 spiro atoms. The second-order valence-electron chi connectivity index (χ2n) is 7.77. The largest absolute Gasteiger partial charge is 0.494 e. The van der Waals surface area contributed by atoms with E-state index in [1.54, 1.807) is 0 Å². The molecule has 176 valence electrons. The van der Waals surface area contributed by atoms with Crippen molar-refractivity contribution in [2.24, 2.45) is 0 Å². The summed E-state index contributed by atoms with van der Waals surface area (Å²) in [5.74, 6) is 0.589. The van der Waals surface area contributed by atoms with Crippen molar-refractivity contribution in [3.8, 4) is 35.5 Å². The van der Waals surface area contributed by atoms with Gasteiger partial charge >= 0.3 is 17.1 Å². The monoisotopic (exact) mass is 486 g/mol. The Balaban J connectivity index is 2.06. The van der Waals surface area contributed by atoms with E-state index in [1.165, 1.54) is 6.08 Å². The fourth-order valence-electron chi connectivity index (χ4n) is 4.22. The van der Waals surface area contributed by atoms with E-state index < -0.39 is 29.4 Å². The first-order chi connectivity index (χ1) is 16.2. The van der Waals surface area contributed by atoms with Gasteiger partial charge in [0.25, 0.3) is 0 Å². The number of nitrogens with zero attached hydrogens (tertiary/aromatic N) is 4. The summed E-state index contributed by atoms with van der Waals surface area (Å²) in [4.78, 5) is 38.8. The van der Waals surface area contributed by atoms with E-state index in [2.05, 4.69) is 12.5 Å². The zero-order valence-electron chi connectivity index (χ0n) is 17.9. The Morgan fingerprint density at radius 3 is 2.15 bits per heavy atom. The SMILES string of the molecule is C#CCn1c(=O)n(CC=C)c(=O)n(-c2cc(-n3c(O)c4c(c3O)CCCC4)c(F)cc2Cl)c1=O. The molecule has 4 rings (SSSR count). The number of halogens is 2. The van der Waals surface area contributed by atoms with Gasteiger partial charge in [0.05, 0.1) is 29.5 Å². The highest BCUT2D eigenvalue weighted by Crippen LogP contribution is 2.42. The molecule has 0 fully saturated rings. The van der Waals surface area contributed by atoms with Crippen molar-refractivity contribution < 1.29 is 14.6 Å². The van der Waals surface area contributed by atoms with Crippen LogP contribution in [0.25, 0.3) is 11.4 Å². The third-order valence-electron chi connectivity index (χ3n) is 5.80. The number of allylic oxidation sites excluding steroid dienone is 1. The predicted octanol–water partition coefficient (Wildman–Crippen LogP) is 1.85. The van der Waals surface area contributed by atoms with Crippen LogP contribution in [-0.2, 0) is 25.9 Å².